The van der Waals surface area contributed by atoms with Crippen LogP contribution in [0.5, 0.6) is 0 Å². The van der Waals surface area contributed by atoms with Crippen molar-refractivity contribution in [3.63, 3.8) is 0 Å². The highest BCUT2D eigenvalue weighted by Gasteiger charge is 2.24. The van der Waals surface area contributed by atoms with Crippen molar-refractivity contribution in [1.82, 2.24) is 0 Å². The number of hydrogen-bond acceptors (Lipinski definition) is 4. The van der Waals surface area contributed by atoms with E-state index in [1.54, 1.807) is 6.92 Å². The van der Waals surface area contributed by atoms with Crippen LogP contribution in [0.25, 0.3) is 0 Å². The molecule has 0 aliphatic heterocycles. The van der Waals surface area contributed by atoms with Crippen LogP contribution in [-0.2, 0) is 13.6 Å². The fourth-order valence-electron chi connectivity index (χ4n) is 0.761. The van der Waals surface area contributed by atoms with Gasteiger partial charge in [0.15, 0.2) is 0 Å². The summed E-state index contributed by atoms with van der Waals surface area (Å²) in [5.74, 6) is 0.424. The SMILES string of the molecule is CCC(O)COP(=O)(CCCl)OCCCl. The van der Waals surface area contributed by atoms with E-state index in [0.29, 0.717) is 6.42 Å². The van der Waals surface area contributed by atoms with Crippen LogP contribution in [0.4, 0.5) is 0 Å². The van der Waals surface area contributed by atoms with E-state index in [4.69, 9.17) is 32.2 Å². The molecule has 0 fully saturated rings. The van der Waals surface area contributed by atoms with Gasteiger partial charge in [-0.15, -0.1) is 23.2 Å². The molecule has 0 amide bonds. The number of rotatable bonds is 9. The predicted molar refractivity (Wildman–Crippen MR) is 62.1 cm³/mol. The first-order valence-corrected chi connectivity index (χ1v) is 7.55. The van der Waals surface area contributed by atoms with Crippen LogP contribution in [0.2, 0.25) is 0 Å². The lowest BCUT2D eigenvalue weighted by Crippen LogP contribution is -2.15. The van der Waals surface area contributed by atoms with E-state index < -0.39 is 13.7 Å². The standard InChI is InChI=1S/C8H17Cl2O4P/c1-2-8(11)7-14-15(12,6-4-10)13-5-3-9/h8,11H,2-7H2,1H3. The Morgan fingerprint density at radius 3 is 2.47 bits per heavy atom. The van der Waals surface area contributed by atoms with Gasteiger partial charge in [0.2, 0.25) is 0 Å². The van der Waals surface area contributed by atoms with Crippen LogP contribution in [-0.4, -0.2) is 42.3 Å². The van der Waals surface area contributed by atoms with Crippen molar-refractivity contribution in [2.24, 2.45) is 0 Å². The van der Waals surface area contributed by atoms with Gasteiger partial charge in [-0.1, -0.05) is 6.92 Å². The fraction of sp³-hybridized carbons (Fsp3) is 1.00. The topological polar surface area (TPSA) is 55.8 Å². The fourth-order valence-corrected chi connectivity index (χ4v) is 2.88. The molecule has 4 nitrogen and oxygen atoms in total. The van der Waals surface area contributed by atoms with Gasteiger partial charge in [-0.3, -0.25) is 4.57 Å². The quantitative estimate of drug-likeness (QED) is 0.520. The van der Waals surface area contributed by atoms with Crippen LogP contribution in [0.15, 0.2) is 0 Å². The molecule has 0 rings (SSSR count). The molecular weight excluding hydrogens is 262 g/mol. The Kier molecular flexibility index (Phi) is 9.20. The zero-order chi connectivity index (χ0) is 11.7. The molecule has 7 heteroatoms. The first kappa shape index (κ1) is 15.7. The lowest BCUT2D eigenvalue weighted by atomic mass is 10.3. The van der Waals surface area contributed by atoms with E-state index >= 15 is 0 Å². The second kappa shape index (κ2) is 8.80. The summed E-state index contributed by atoms with van der Waals surface area (Å²) in [6, 6.07) is 0. The molecule has 15 heavy (non-hydrogen) atoms. The predicted octanol–water partition coefficient (Wildman–Crippen LogP) is 2.46. The summed E-state index contributed by atoms with van der Waals surface area (Å²) in [6.45, 7) is 1.95. The molecule has 0 bridgehead atoms. The zero-order valence-corrected chi connectivity index (χ0v) is 11.1. The molecule has 0 saturated heterocycles. The highest BCUT2D eigenvalue weighted by Crippen LogP contribution is 2.48. The van der Waals surface area contributed by atoms with E-state index in [-0.39, 0.29) is 31.1 Å². The largest absolute Gasteiger partial charge is 0.391 e. The van der Waals surface area contributed by atoms with Crippen molar-refractivity contribution >= 4 is 30.8 Å². The molecule has 2 unspecified atom stereocenters. The van der Waals surface area contributed by atoms with Gasteiger partial charge in [0.25, 0.3) is 0 Å². The number of alkyl halides is 2. The van der Waals surface area contributed by atoms with E-state index in [9.17, 15) is 9.67 Å². The minimum atomic E-state index is -3.18. The van der Waals surface area contributed by atoms with E-state index in [1.165, 1.54) is 0 Å². The molecular formula is C8H17Cl2O4P. The van der Waals surface area contributed by atoms with Gasteiger partial charge in [-0.25, -0.2) is 0 Å². The monoisotopic (exact) mass is 278 g/mol. The van der Waals surface area contributed by atoms with Gasteiger partial charge >= 0.3 is 7.60 Å². The van der Waals surface area contributed by atoms with Gasteiger partial charge < -0.3 is 14.2 Å². The van der Waals surface area contributed by atoms with Gasteiger partial charge in [0.1, 0.15) is 0 Å². The molecule has 0 spiro atoms. The lowest BCUT2D eigenvalue weighted by molar-refractivity contribution is 0.0909. The molecule has 0 aromatic carbocycles. The molecule has 0 saturated carbocycles. The van der Waals surface area contributed by atoms with Gasteiger partial charge in [-0.2, -0.15) is 0 Å². The summed E-state index contributed by atoms with van der Waals surface area (Å²) >= 11 is 10.9. The van der Waals surface area contributed by atoms with Crippen molar-refractivity contribution in [2.45, 2.75) is 19.4 Å². The first-order valence-electron chi connectivity index (χ1n) is 4.76. The van der Waals surface area contributed by atoms with Gasteiger partial charge in [-0.05, 0) is 6.42 Å². The Bertz CT molecular complexity index is 203. The van der Waals surface area contributed by atoms with E-state index in [2.05, 4.69) is 0 Å². The van der Waals surface area contributed by atoms with Crippen molar-refractivity contribution in [3.8, 4) is 0 Å². The summed E-state index contributed by atoms with van der Waals surface area (Å²) in [7, 11) is -3.18. The third kappa shape index (κ3) is 7.56. The lowest BCUT2D eigenvalue weighted by Gasteiger charge is -2.18. The van der Waals surface area contributed by atoms with Crippen LogP contribution < -0.4 is 0 Å². The Labute approximate surface area is 100 Å². The van der Waals surface area contributed by atoms with Crippen LogP contribution in [0.1, 0.15) is 13.3 Å². The maximum atomic E-state index is 11.9. The third-order valence-electron chi connectivity index (χ3n) is 1.66. The van der Waals surface area contributed by atoms with Crippen molar-refractivity contribution in [3.05, 3.63) is 0 Å². The highest BCUT2D eigenvalue weighted by atomic mass is 35.5. The first-order chi connectivity index (χ1) is 7.08. The highest BCUT2D eigenvalue weighted by molar-refractivity contribution is 7.54. The second-order valence-corrected chi connectivity index (χ2v) is 5.84. The molecule has 0 aromatic heterocycles. The Morgan fingerprint density at radius 2 is 2.00 bits per heavy atom. The smallest absolute Gasteiger partial charge is 0.332 e. The summed E-state index contributed by atoms with van der Waals surface area (Å²) in [5.41, 5.74) is 0. The zero-order valence-electron chi connectivity index (χ0n) is 8.70. The minimum absolute atomic E-state index is 0.00699. The number of aliphatic hydroxyl groups excluding tert-OH is 1. The van der Waals surface area contributed by atoms with Crippen LogP contribution in [0.3, 0.4) is 0 Å². The maximum Gasteiger partial charge on any atom is 0.332 e. The Hall–Kier alpha value is 0.690. The Morgan fingerprint density at radius 1 is 1.33 bits per heavy atom. The molecule has 1 N–H and O–H groups in total. The molecule has 0 aliphatic carbocycles. The van der Waals surface area contributed by atoms with Gasteiger partial charge in [0.05, 0.1) is 25.5 Å². The normalized spacial score (nSPS) is 17.3. The molecule has 0 aliphatic rings. The summed E-state index contributed by atoms with van der Waals surface area (Å²) in [5, 5.41) is 9.25. The van der Waals surface area contributed by atoms with Crippen LogP contribution in [0, 0.1) is 0 Å². The van der Waals surface area contributed by atoms with E-state index in [1.807, 2.05) is 0 Å². The molecule has 0 aromatic rings. The van der Waals surface area contributed by atoms with Crippen molar-refractivity contribution < 1.29 is 18.7 Å². The number of hydrogen-bond donors (Lipinski definition) is 1. The summed E-state index contributed by atoms with van der Waals surface area (Å²) in [6.07, 6.45) is 0.0337. The average molecular weight is 279 g/mol. The maximum absolute atomic E-state index is 11.9. The number of halogens is 2. The van der Waals surface area contributed by atoms with E-state index in [0.717, 1.165) is 0 Å². The molecule has 0 radical (unpaired) electrons. The second-order valence-electron chi connectivity index (χ2n) is 2.90. The van der Waals surface area contributed by atoms with Crippen molar-refractivity contribution in [2.75, 3.05) is 31.1 Å². The van der Waals surface area contributed by atoms with Crippen LogP contribution >= 0.6 is 30.8 Å². The molecule has 2 atom stereocenters. The third-order valence-corrected chi connectivity index (χ3v) is 4.15. The Balaban J connectivity index is 4.06. The molecule has 0 heterocycles. The minimum Gasteiger partial charge on any atom is -0.391 e. The average Bonchev–Trinajstić information content (AvgIpc) is 2.24. The molecule has 92 valence electrons. The number of aliphatic hydroxyl groups is 1. The summed E-state index contributed by atoms with van der Waals surface area (Å²) in [4.78, 5) is 0. The van der Waals surface area contributed by atoms with Gasteiger partial charge in [0, 0.05) is 11.8 Å². The summed E-state index contributed by atoms with van der Waals surface area (Å²) < 4.78 is 22.0. The van der Waals surface area contributed by atoms with Crippen molar-refractivity contribution in [1.29, 1.82) is 0 Å².